The van der Waals surface area contributed by atoms with E-state index in [2.05, 4.69) is 6.58 Å². The van der Waals surface area contributed by atoms with Crippen molar-refractivity contribution in [3.63, 3.8) is 0 Å². The van der Waals surface area contributed by atoms with E-state index in [0.717, 1.165) is 32.4 Å². The van der Waals surface area contributed by atoms with E-state index in [1.165, 1.54) is 30.3 Å². The SMILES string of the molecule is C=CC(N1CCCCC1)S(=O)(=O)c1ccc(C(=O)O)cc1. The van der Waals surface area contributed by atoms with E-state index in [-0.39, 0.29) is 10.5 Å². The number of carboxylic acids is 1. The van der Waals surface area contributed by atoms with Crippen molar-refractivity contribution in [2.45, 2.75) is 29.5 Å². The lowest BCUT2D eigenvalue weighted by Gasteiger charge is -2.32. The lowest BCUT2D eigenvalue weighted by atomic mass is 10.1. The van der Waals surface area contributed by atoms with E-state index in [9.17, 15) is 13.2 Å². The van der Waals surface area contributed by atoms with Gasteiger partial charge in [-0.2, -0.15) is 0 Å². The summed E-state index contributed by atoms with van der Waals surface area (Å²) >= 11 is 0. The Morgan fingerprint density at radius 1 is 1.19 bits per heavy atom. The van der Waals surface area contributed by atoms with E-state index in [1.807, 2.05) is 4.90 Å². The average molecular weight is 309 g/mol. The number of piperidine rings is 1. The zero-order valence-electron chi connectivity index (χ0n) is 11.7. The molecule has 1 aliphatic heterocycles. The number of carboxylic acid groups (broad SMARTS) is 1. The Morgan fingerprint density at radius 3 is 2.24 bits per heavy atom. The lowest BCUT2D eigenvalue weighted by molar-refractivity contribution is 0.0696. The molecule has 0 bridgehead atoms. The molecule has 0 aliphatic carbocycles. The third kappa shape index (κ3) is 3.33. The van der Waals surface area contributed by atoms with Crippen molar-refractivity contribution in [2.75, 3.05) is 13.1 Å². The summed E-state index contributed by atoms with van der Waals surface area (Å²) in [6, 6.07) is 5.32. The minimum Gasteiger partial charge on any atom is -0.478 e. The zero-order chi connectivity index (χ0) is 15.5. The molecule has 0 amide bonds. The van der Waals surface area contributed by atoms with Gasteiger partial charge in [0.2, 0.25) is 0 Å². The predicted octanol–water partition coefficient (Wildman–Crippen LogP) is 2.16. The van der Waals surface area contributed by atoms with Gasteiger partial charge in [-0.25, -0.2) is 13.2 Å². The number of hydrogen-bond acceptors (Lipinski definition) is 4. The molecule has 6 heteroatoms. The van der Waals surface area contributed by atoms with Gasteiger partial charge >= 0.3 is 5.97 Å². The minimum absolute atomic E-state index is 0.0714. The lowest BCUT2D eigenvalue weighted by Crippen LogP contribution is -2.42. The molecular weight excluding hydrogens is 290 g/mol. The molecule has 2 rings (SSSR count). The maximum atomic E-state index is 12.7. The molecule has 21 heavy (non-hydrogen) atoms. The van der Waals surface area contributed by atoms with Crippen LogP contribution in [0.1, 0.15) is 29.6 Å². The summed E-state index contributed by atoms with van der Waals surface area (Å²) in [6.45, 7) is 5.14. The Hall–Kier alpha value is -1.66. The monoisotopic (exact) mass is 309 g/mol. The van der Waals surface area contributed by atoms with Crippen LogP contribution in [0, 0.1) is 0 Å². The molecule has 0 spiro atoms. The van der Waals surface area contributed by atoms with Crippen LogP contribution in [0.2, 0.25) is 0 Å². The molecule has 1 aliphatic rings. The first-order valence-electron chi connectivity index (χ1n) is 6.90. The highest BCUT2D eigenvalue weighted by Gasteiger charge is 2.31. The van der Waals surface area contributed by atoms with Gasteiger partial charge in [0.25, 0.3) is 0 Å². The summed E-state index contributed by atoms with van der Waals surface area (Å²) in [5.74, 6) is -1.07. The molecule has 1 heterocycles. The molecule has 1 saturated heterocycles. The Bertz CT molecular complexity index is 616. The fraction of sp³-hybridized carbons (Fsp3) is 0.400. The molecule has 1 fully saturated rings. The van der Waals surface area contributed by atoms with Crippen molar-refractivity contribution >= 4 is 15.8 Å². The van der Waals surface area contributed by atoms with Gasteiger partial charge in [0.15, 0.2) is 9.84 Å². The number of nitrogens with zero attached hydrogens (tertiary/aromatic N) is 1. The third-order valence-corrected chi connectivity index (χ3v) is 5.76. The molecular formula is C15H19NO4S. The van der Waals surface area contributed by atoms with Crippen molar-refractivity contribution in [2.24, 2.45) is 0 Å². The third-order valence-electron chi connectivity index (χ3n) is 3.70. The van der Waals surface area contributed by atoms with Gasteiger partial charge < -0.3 is 5.11 Å². The van der Waals surface area contributed by atoms with Gasteiger partial charge in [-0.05, 0) is 50.2 Å². The first kappa shape index (κ1) is 15.7. The van der Waals surface area contributed by atoms with Crippen LogP contribution < -0.4 is 0 Å². The molecule has 1 unspecified atom stereocenters. The molecule has 0 radical (unpaired) electrons. The van der Waals surface area contributed by atoms with Crippen LogP contribution in [0.5, 0.6) is 0 Å². The van der Waals surface area contributed by atoms with Gasteiger partial charge in [0.05, 0.1) is 10.5 Å². The summed E-state index contributed by atoms with van der Waals surface area (Å²) in [4.78, 5) is 12.9. The number of sulfone groups is 1. The molecule has 1 aromatic carbocycles. The van der Waals surface area contributed by atoms with Crippen molar-refractivity contribution < 1.29 is 18.3 Å². The number of rotatable bonds is 5. The minimum atomic E-state index is -3.58. The average Bonchev–Trinajstić information content (AvgIpc) is 2.49. The molecule has 0 aromatic heterocycles. The highest BCUT2D eigenvalue weighted by molar-refractivity contribution is 7.92. The highest BCUT2D eigenvalue weighted by Crippen LogP contribution is 2.23. The maximum Gasteiger partial charge on any atom is 0.335 e. The molecule has 1 aromatic rings. The summed E-state index contributed by atoms with van der Waals surface area (Å²) in [6.07, 6.45) is 4.54. The summed E-state index contributed by atoms with van der Waals surface area (Å²) in [7, 11) is -3.58. The van der Waals surface area contributed by atoms with Crippen molar-refractivity contribution in [3.05, 3.63) is 42.5 Å². The van der Waals surface area contributed by atoms with E-state index in [0.29, 0.717) is 0 Å². The van der Waals surface area contributed by atoms with E-state index >= 15 is 0 Å². The van der Waals surface area contributed by atoms with E-state index in [1.54, 1.807) is 0 Å². The van der Waals surface area contributed by atoms with Crippen LogP contribution in [0.15, 0.2) is 41.8 Å². The number of hydrogen-bond donors (Lipinski definition) is 1. The first-order valence-corrected chi connectivity index (χ1v) is 8.45. The van der Waals surface area contributed by atoms with Gasteiger partial charge in [-0.3, -0.25) is 4.90 Å². The highest BCUT2D eigenvalue weighted by atomic mass is 32.2. The Morgan fingerprint density at radius 2 is 1.76 bits per heavy atom. The van der Waals surface area contributed by atoms with Crippen LogP contribution in [0.4, 0.5) is 0 Å². The van der Waals surface area contributed by atoms with Crippen molar-refractivity contribution in [1.29, 1.82) is 0 Å². The van der Waals surface area contributed by atoms with E-state index < -0.39 is 21.2 Å². The second kappa shape index (κ2) is 6.41. The Labute approximate surface area is 124 Å². The normalized spacial score (nSPS) is 18.1. The summed E-state index contributed by atoms with van der Waals surface area (Å²) in [5.41, 5.74) is 0.0714. The van der Waals surface area contributed by atoms with Gasteiger partial charge in [0.1, 0.15) is 5.37 Å². The standard InChI is InChI=1S/C15H19NO4S/c1-2-14(16-10-4-3-5-11-16)21(19,20)13-8-6-12(7-9-13)15(17)18/h2,6-9,14H,1,3-5,10-11H2,(H,17,18). The number of likely N-dealkylation sites (tertiary alicyclic amines) is 1. The topological polar surface area (TPSA) is 74.7 Å². The molecule has 1 N–H and O–H groups in total. The number of benzene rings is 1. The van der Waals surface area contributed by atoms with Crippen LogP contribution in [-0.2, 0) is 9.84 Å². The van der Waals surface area contributed by atoms with Crippen LogP contribution in [0.25, 0.3) is 0 Å². The fourth-order valence-electron chi connectivity index (χ4n) is 2.57. The van der Waals surface area contributed by atoms with Crippen molar-refractivity contribution in [1.82, 2.24) is 4.90 Å². The van der Waals surface area contributed by atoms with Crippen LogP contribution in [0.3, 0.4) is 0 Å². The Balaban J connectivity index is 2.29. The largest absolute Gasteiger partial charge is 0.478 e. The first-order chi connectivity index (χ1) is 9.96. The molecule has 5 nitrogen and oxygen atoms in total. The Kier molecular flexibility index (Phi) is 4.80. The van der Waals surface area contributed by atoms with Crippen LogP contribution >= 0.6 is 0 Å². The quantitative estimate of drug-likeness (QED) is 0.844. The summed E-state index contributed by atoms with van der Waals surface area (Å²) in [5, 5.41) is 8.11. The smallest absolute Gasteiger partial charge is 0.335 e. The van der Waals surface area contributed by atoms with Crippen molar-refractivity contribution in [3.8, 4) is 0 Å². The zero-order valence-corrected chi connectivity index (χ0v) is 12.6. The maximum absolute atomic E-state index is 12.7. The molecule has 1 atom stereocenters. The second-order valence-electron chi connectivity index (χ2n) is 5.10. The van der Waals surface area contributed by atoms with Crippen LogP contribution in [-0.4, -0.2) is 42.9 Å². The number of carbonyl (C=O) groups is 1. The van der Waals surface area contributed by atoms with Gasteiger partial charge in [0, 0.05) is 0 Å². The van der Waals surface area contributed by atoms with Gasteiger partial charge in [-0.15, -0.1) is 6.58 Å². The molecule has 0 saturated carbocycles. The number of aromatic carboxylic acids is 1. The molecule has 114 valence electrons. The fourth-order valence-corrected chi connectivity index (χ4v) is 4.22. The van der Waals surface area contributed by atoms with Gasteiger partial charge in [-0.1, -0.05) is 12.5 Å². The second-order valence-corrected chi connectivity index (χ2v) is 7.14. The predicted molar refractivity (Wildman–Crippen MR) is 80.0 cm³/mol. The summed E-state index contributed by atoms with van der Waals surface area (Å²) < 4.78 is 25.4. The van der Waals surface area contributed by atoms with E-state index in [4.69, 9.17) is 5.11 Å².